The van der Waals surface area contributed by atoms with Crippen molar-refractivity contribution in [1.29, 1.82) is 0 Å². The molecule has 0 spiro atoms. The van der Waals surface area contributed by atoms with Gasteiger partial charge in [0.15, 0.2) is 0 Å². The minimum atomic E-state index is -0.0454. The summed E-state index contributed by atoms with van der Waals surface area (Å²) in [5, 5.41) is 1.45. The molecule has 2 rings (SSSR count). The third-order valence-corrected chi connectivity index (χ3v) is 14.0. The molecule has 0 heterocycles. The molecular formula is C52H88S4. The van der Waals surface area contributed by atoms with Crippen LogP contribution in [0.15, 0.2) is 60.7 Å². The zero-order valence-corrected chi connectivity index (χ0v) is 39.8. The minimum Gasteiger partial charge on any atom is -0.179 e. The van der Waals surface area contributed by atoms with E-state index in [1.165, 1.54) is 222 Å². The Hall–Kier alpha value is -0.160. The van der Waals surface area contributed by atoms with Gasteiger partial charge in [-0.05, 0) is 67.1 Å². The first-order valence-electron chi connectivity index (χ1n) is 24.0. The molecule has 2 atom stereocenters. The van der Waals surface area contributed by atoms with Gasteiger partial charge < -0.3 is 0 Å². The summed E-state index contributed by atoms with van der Waals surface area (Å²) < 4.78 is 0. The number of benzene rings is 2. The van der Waals surface area contributed by atoms with Crippen molar-refractivity contribution in [2.45, 2.75) is 230 Å². The highest BCUT2D eigenvalue weighted by Crippen LogP contribution is 2.54. The highest BCUT2D eigenvalue weighted by atomic mass is 32.1. The first-order chi connectivity index (χ1) is 27.7. The molecule has 0 aliphatic heterocycles. The van der Waals surface area contributed by atoms with Crippen LogP contribution < -0.4 is 0 Å². The van der Waals surface area contributed by atoms with Crippen LogP contribution in [0.5, 0.6) is 0 Å². The molecule has 0 aliphatic carbocycles. The van der Waals surface area contributed by atoms with Gasteiger partial charge in [-0.1, -0.05) is 240 Å². The van der Waals surface area contributed by atoms with Gasteiger partial charge in [-0.15, -0.1) is 0 Å². The zero-order chi connectivity index (χ0) is 40.0. The third-order valence-electron chi connectivity index (χ3n) is 12.5. The van der Waals surface area contributed by atoms with Gasteiger partial charge in [-0.3, -0.25) is 0 Å². The summed E-state index contributed by atoms with van der Waals surface area (Å²) in [4.78, 5) is 0. The van der Waals surface area contributed by atoms with Crippen molar-refractivity contribution >= 4 is 50.5 Å². The van der Waals surface area contributed by atoms with Crippen molar-refractivity contribution in [2.24, 2.45) is 0 Å². The number of unbranched alkanes of at least 4 members (excludes halogenated alkanes) is 28. The molecule has 2 unspecified atom stereocenters. The minimum absolute atomic E-state index is 0.0454. The molecule has 0 saturated carbocycles. The van der Waals surface area contributed by atoms with E-state index < -0.39 is 0 Å². The fourth-order valence-electron chi connectivity index (χ4n) is 9.12. The first-order valence-corrected chi connectivity index (χ1v) is 26.3. The molecule has 0 aromatic heterocycles. The van der Waals surface area contributed by atoms with Crippen LogP contribution >= 0.6 is 50.5 Å². The highest BCUT2D eigenvalue weighted by molar-refractivity contribution is 7.83. The van der Waals surface area contributed by atoms with Gasteiger partial charge in [0.05, 0.1) is 0 Å². The second kappa shape index (κ2) is 37.8. The van der Waals surface area contributed by atoms with E-state index in [2.05, 4.69) is 98.6 Å². The Kier molecular flexibility index (Phi) is 35.1. The molecule has 56 heavy (non-hydrogen) atoms. The van der Waals surface area contributed by atoms with Gasteiger partial charge >= 0.3 is 0 Å². The summed E-state index contributed by atoms with van der Waals surface area (Å²) in [5.41, 5.74) is 2.97. The molecule has 2 aromatic rings. The molecule has 0 bridgehead atoms. The third kappa shape index (κ3) is 24.2. The Morgan fingerprint density at radius 2 is 0.821 bits per heavy atom. The zero-order valence-electron chi connectivity index (χ0n) is 36.2. The van der Waals surface area contributed by atoms with Crippen LogP contribution in [-0.4, -0.2) is 11.5 Å². The molecule has 2 aromatic carbocycles. The lowest BCUT2D eigenvalue weighted by molar-refractivity contribution is 0.309. The molecule has 0 N–H and O–H groups in total. The topological polar surface area (TPSA) is 0 Å². The lowest BCUT2D eigenvalue weighted by Crippen LogP contribution is -2.38. The summed E-state index contributed by atoms with van der Waals surface area (Å²) in [7, 11) is 0. The number of hydrogen-bond donors (Lipinski definition) is 4. The van der Waals surface area contributed by atoms with Crippen LogP contribution in [0.25, 0.3) is 0 Å². The number of hydrogen-bond acceptors (Lipinski definition) is 4. The van der Waals surface area contributed by atoms with Crippen LogP contribution in [0.3, 0.4) is 0 Å². The highest BCUT2D eigenvalue weighted by Gasteiger charge is 2.45. The van der Waals surface area contributed by atoms with Crippen molar-refractivity contribution in [3.8, 4) is 0 Å². The Bertz CT molecular complexity index is 1080. The largest absolute Gasteiger partial charge is 0.179 e. The normalized spacial score (nSPS) is 13.4. The van der Waals surface area contributed by atoms with Crippen LogP contribution in [-0.2, 0) is 5.41 Å². The van der Waals surface area contributed by atoms with Gasteiger partial charge in [0.25, 0.3) is 0 Å². The molecule has 0 saturated heterocycles. The number of rotatable bonds is 41. The molecule has 2 radical (unpaired) electrons. The van der Waals surface area contributed by atoms with Gasteiger partial charge in [0.2, 0.25) is 0 Å². The van der Waals surface area contributed by atoms with E-state index in [-0.39, 0.29) is 5.41 Å². The summed E-state index contributed by atoms with van der Waals surface area (Å²) in [6, 6.07) is 23.3. The number of thiol groups is 4. The van der Waals surface area contributed by atoms with Gasteiger partial charge in [0.1, 0.15) is 0 Å². The molecule has 4 heteroatoms. The lowest BCUT2D eigenvalue weighted by atomic mass is 9.60. The summed E-state index contributed by atoms with van der Waals surface area (Å²) in [6.45, 7) is 0. The van der Waals surface area contributed by atoms with Crippen molar-refractivity contribution < 1.29 is 0 Å². The van der Waals surface area contributed by atoms with Crippen molar-refractivity contribution in [3.05, 3.63) is 82.8 Å². The van der Waals surface area contributed by atoms with Crippen LogP contribution in [0.1, 0.15) is 235 Å². The van der Waals surface area contributed by atoms with E-state index in [9.17, 15) is 0 Å². The Morgan fingerprint density at radius 1 is 0.446 bits per heavy atom. The fourth-order valence-corrected chi connectivity index (χ4v) is 10.3. The molecule has 0 amide bonds. The summed E-state index contributed by atoms with van der Waals surface area (Å²) >= 11 is 18.7. The van der Waals surface area contributed by atoms with E-state index in [1.54, 1.807) is 0 Å². The van der Waals surface area contributed by atoms with E-state index >= 15 is 0 Å². The van der Waals surface area contributed by atoms with Gasteiger partial charge in [0, 0.05) is 16.4 Å². The van der Waals surface area contributed by atoms with E-state index in [0.29, 0.717) is 5.92 Å². The van der Waals surface area contributed by atoms with E-state index in [4.69, 9.17) is 12.6 Å². The Morgan fingerprint density at radius 3 is 1.27 bits per heavy atom. The maximum absolute atomic E-state index is 5.64. The average Bonchev–Trinajstić information content (AvgIpc) is 3.23. The quantitative estimate of drug-likeness (QED) is 0.0372. The van der Waals surface area contributed by atoms with E-state index in [0.717, 1.165) is 24.3 Å². The van der Waals surface area contributed by atoms with Crippen LogP contribution in [0.4, 0.5) is 0 Å². The lowest BCUT2D eigenvalue weighted by Gasteiger charge is -2.46. The van der Waals surface area contributed by atoms with Crippen LogP contribution in [0, 0.1) is 11.0 Å². The van der Waals surface area contributed by atoms with E-state index in [1.807, 2.05) is 5.75 Å². The Labute approximate surface area is 372 Å². The Balaban J connectivity index is 2.05. The molecule has 0 fully saturated rings. The maximum Gasteiger partial charge on any atom is 0.0385 e. The van der Waals surface area contributed by atoms with Gasteiger partial charge in [-0.25, -0.2) is 0 Å². The predicted octanol–water partition coefficient (Wildman–Crippen LogP) is 18.4. The fraction of sp³-hybridized carbons (Fsp3) is 0.731. The smallest absolute Gasteiger partial charge is 0.0385 e. The molecule has 320 valence electrons. The monoisotopic (exact) mass is 841 g/mol. The predicted molar refractivity (Wildman–Crippen MR) is 268 cm³/mol. The standard InChI is InChI=1S/C52H88S4/c53-45-35-23-17-11-7-5-3-1-2-4-6-8-14-20-32-42-50(48-38-28-26-29-39-48)52(49-40-30-27-31-41-49,44-34-22-16-10-13-19-25-37-47-55)51(56)43-33-21-15-9-12-18-24-36-46-54/h26-31,38-41,45,50,53-56H,1-25,32-37,42-44,46-47H2. The average molecular weight is 842 g/mol. The summed E-state index contributed by atoms with van der Waals surface area (Å²) in [5.74, 6) is 4.52. The van der Waals surface area contributed by atoms with Crippen molar-refractivity contribution in [1.82, 2.24) is 0 Å². The molecule has 0 aliphatic rings. The van der Waals surface area contributed by atoms with Crippen molar-refractivity contribution in [3.63, 3.8) is 0 Å². The van der Waals surface area contributed by atoms with Crippen molar-refractivity contribution in [2.75, 3.05) is 11.5 Å². The second-order valence-corrected chi connectivity index (χ2v) is 18.9. The molecule has 0 nitrogen and oxygen atoms in total. The van der Waals surface area contributed by atoms with Gasteiger partial charge in [-0.2, -0.15) is 50.5 Å². The molecular weight excluding hydrogens is 753 g/mol. The maximum atomic E-state index is 5.64. The first kappa shape index (κ1) is 52.0. The van der Waals surface area contributed by atoms with Crippen LogP contribution in [0.2, 0.25) is 0 Å². The second-order valence-electron chi connectivity index (χ2n) is 17.1. The SMILES string of the molecule is S[CH]CCCCCCCCCCCCCCCCC(c1ccccc1)C(CCCCCCCCCCS)([C](S)CCCCCCCCCCS)c1ccccc1. The summed E-state index contributed by atoms with van der Waals surface area (Å²) in [6.07, 6.45) is 45.6.